The summed E-state index contributed by atoms with van der Waals surface area (Å²) in [5.41, 5.74) is 0.743. The van der Waals surface area contributed by atoms with Crippen LogP contribution < -0.4 is 0 Å². The van der Waals surface area contributed by atoms with Crippen molar-refractivity contribution in [2.75, 3.05) is 0 Å². The predicted octanol–water partition coefficient (Wildman–Crippen LogP) is 1.03. The van der Waals surface area contributed by atoms with Gasteiger partial charge in [0.1, 0.15) is 12.0 Å². The summed E-state index contributed by atoms with van der Waals surface area (Å²) in [6.45, 7) is 3.57. The average molecular weight is 139 g/mol. The number of carbonyl (C=O) groups excluding carboxylic acids is 1. The largest absolute Gasteiger partial charge is 0.446 e. The van der Waals surface area contributed by atoms with Gasteiger partial charge in [0, 0.05) is 13.3 Å². The van der Waals surface area contributed by atoms with E-state index in [0.29, 0.717) is 12.3 Å². The number of oxazole rings is 1. The van der Waals surface area contributed by atoms with Crippen molar-refractivity contribution in [1.82, 2.24) is 4.98 Å². The zero-order valence-corrected chi connectivity index (χ0v) is 6.05. The second-order valence-corrected chi connectivity index (χ2v) is 2.11. The van der Waals surface area contributed by atoms with Crippen LogP contribution in [0.3, 0.4) is 0 Å². The zero-order chi connectivity index (χ0) is 7.56. The van der Waals surface area contributed by atoms with Crippen molar-refractivity contribution in [2.24, 2.45) is 0 Å². The summed E-state index contributed by atoms with van der Waals surface area (Å²) in [6, 6.07) is 0. The van der Waals surface area contributed by atoms with Gasteiger partial charge < -0.3 is 9.21 Å². The molecule has 0 aliphatic rings. The molecular weight excluding hydrogens is 130 g/mol. The van der Waals surface area contributed by atoms with Crippen LogP contribution in [0.15, 0.2) is 4.42 Å². The van der Waals surface area contributed by atoms with Gasteiger partial charge in [0.15, 0.2) is 5.89 Å². The number of nitrogens with zero attached hydrogens (tertiary/aromatic N) is 1. The molecule has 1 aromatic rings. The Morgan fingerprint density at radius 3 is 2.70 bits per heavy atom. The standard InChI is InChI=1S/C7H9NO2/c1-5-7(3-4-9)8-6(2)10-5/h4H,3H2,1-2H3. The molecule has 0 saturated carbocycles. The predicted molar refractivity (Wildman–Crippen MR) is 35.7 cm³/mol. The van der Waals surface area contributed by atoms with Crippen LogP contribution in [0.25, 0.3) is 0 Å². The minimum absolute atomic E-state index is 0.350. The molecule has 0 spiro atoms. The molecule has 10 heavy (non-hydrogen) atoms. The number of aromatic nitrogens is 1. The fourth-order valence-electron chi connectivity index (χ4n) is 0.840. The Morgan fingerprint density at radius 1 is 1.60 bits per heavy atom. The SMILES string of the molecule is Cc1nc(CC=O)c(C)o1. The minimum Gasteiger partial charge on any atom is -0.446 e. The first-order chi connectivity index (χ1) is 4.74. The Balaban J connectivity index is 2.91. The molecule has 0 aromatic carbocycles. The summed E-state index contributed by atoms with van der Waals surface area (Å²) in [5.74, 6) is 1.36. The number of hydrogen-bond donors (Lipinski definition) is 0. The van der Waals surface area contributed by atoms with Crippen molar-refractivity contribution < 1.29 is 9.21 Å². The smallest absolute Gasteiger partial charge is 0.191 e. The molecule has 0 bridgehead atoms. The molecule has 0 radical (unpaired) electrons. The van der Waals surface area contributed by atoms with E-state index in [1.54, 1.807) is 13.8 Å². The Bertz CT molecular complexity index is 240. The van der Waals surface area contributed by atoms with Crippen LogP contribution in [0.1, 0.15) is 17.3 Å². The molecule has 3 heteroatoms. The van der Waals surface area contributed by atoms with Gasteiger partial charge in [-0.05, 0) is 6.92 Å². The number of carbonyl (C=O) groups is 1. The molecule has 3 nitrogen and oxygen atoms in total. The molecule has 0 amide bonds. The third-order valence-corrected chi connectivity index (χ3v) is 1.28. The van der Waals surface area contributed by atoms with E-state index in [-0.39, 0.29) is 0 Å². The molecule has 1 rings (SSSR count). The summed E-state index contributed by atoms with van der Waals surface area (Å²) < 4.78 is 5.10. The highest BCUT2D eigenvalue weighted by molar-refractivity contribution is 5.53. The van der Waals surface area contributed by atoms with Crippen LogP contribution in [-0.2, 0) is 11.2 Å². The number of rotatable bonds is 2. The maximum absolute atomic E-state index is 10.1. The van der Waals surface area contributed by atoms with Gasteiger partial charge in [-0.1, -0.05) is 0 Å². The normalized spacial score (nSPS) is 9.80. The van der Waals surface area contributed by atoms with Crippen molar-refractivity contribution in [3.05, 3.63) is 17.3 Å². The lowest BCUT2D eigenvalue weighted by molar-refractivity contribution is -0.107. The minimum atomic E-state index is 0.350. The van der Waals surface area contributed by atoms with Crippen LogP contribution in [0, 0.1) is 13.8 Å². The van der Waals surface area contributed by atoms with Gasteiger partial charge in [-0.25, -0.2) is 4.98 Å². The fourth-order valence-corrected chi connectivity index (χ4v) is 0.840. The molecule has 0 unspecified atom stereocenters. The molecule has 0 fully saturated rings. The molecular formula is C7H9NO2. The zero-order valence-electron chi connectivity index (χ0n) is 6.05. The lowest BCUT2D eigenvalue weighted by Gasteiger charge is -1.83. The van der Waals surface area contributed by atoms with Gasteiger partial charge in [-0.3, -0.25) is 0 Å². The summed E-state index contributed by atoms with van der Waals surface area (Å²) in [5, 5.41) is 0. The van der Waals surface area contributed by atoms with E-state index < -0.39 is 0 Å². The van der Waals surface area contributed by atoms with Crippen LogP contribution in [-0.4, -0.2) is 11.3 Å². The number of aryl methyl sites for hydroxylation is 2. The summed E-state index contributed by atoms with van der Waals surface area (Å²) in [4.78, 5) is 14.1. The van der Waals surface area contributed by atoms with E-state index in [9.17, 15) is 4.79 Å². The lowest BCUT2D eigenvalue weighted by Crippen LogP contribution is -1.87. The van der Waals surface area contributed by atoms with Gasteiger partial charge in [0.25, 0.3) is 0 Å². The maximum Gasteiger partial charge on any atom is 0.191 e. The van der Waals surface area contributed by atoms with E-state index in [1.807, 2.05) is 0 Å². The molecule has 0 N–H and O–H groups in total. The maximum atomic E-state index is 10.1. The molecule has 1 heterocycles. The van der Waals surface area contributed by atoms with Crippen LogP contribution >= 0.6 is 0 Å². The molecule has 1 aromatic heterocycles. The van der Waals surface area contributed by atoms with E-state index >= 15 is 0 Å². The van der Waals surface area contributed by atoms with Crippen molar-refractivity contribution in [3.63, 3.8) is 0 Å². The summed E-state index contributed by atoms with van der Waals surface area (Å²) in [6.07, 6.45) is 1.17. The highest BCUT2D eigenvalue weighted by atomic mass is 16.4. The van der Waals surface area contributed by atoms with E-state index in [4.69, 9.17) is 4.42 Å². The van der Waals surface area contributed by atoms with Crippen molar-refractivity contribution >= 4 is 6.29 Å². The lowest BCUT2D eigenvalue weighted by atomic mass is 10.3. The second-order valence-electron chi connectivity index (χ2n) is 2.11. The van der Waals surface area contributed by atoms with Gasteiger partial charge in [0.2, 0.25) is 0 Å². The van der Waals surface area contributed by atoms with Crippen LogP contribution in [0.5, 0.6) is 0 Å². The highest BCUT2D eigenvalue weighted by Gasteiger charge is 2.03. The fraction of sp³-hybridized carbons (Fsp3) is 0.429. The third kappa shape index (κ3) is 1.23. The molecule has 0 aliphatic carbocycles. The molecule has 54 valence electrons. The Hall–Kier alpha value is -1.12. The first-order valence-electron chi connectivity index (χ1n) is 3.10. The second kappa shape index (κ2) is 2.64. The number of aldehydes is 1. The van der Waals surface area contributed by atoms with E-state index in [2.05, 4.69) is 4.98 Å². The van der Waals surface area contributed by atoms with Gasteiger partial charge in [-0.2, -0.15) is 0 Å². The van der Waals surface area contributed by atoms with Crippen molar-refractivity contribution in [3.8, 4) is 0 Å². The van der Waals surface area contributed by atoms with E-state index in [0.717, 1.165) is 17.7 Å². The first-order valence-corrected chi connectivity index (χ1v) is 3.10. The van der Waals surface area contributed by atoms with Gasteiger partial charge >= 0.3 is 0 Å². The number of hydrogen-bond acceptors (Lipinski definition) is 3. The molecule has 0 saturated heterocycles. The van der Waals surface area contributed by atoms with Crippen molar-refractivity contribution in [1.29, 1.82) is 0 Å². The topological polar surface area (TPSA) is 43.1 Å². The van der Waals surface area contributed by atoms with E-state index in [1.165, 1.54) is 0 Å². The Labute approximate surface area is 59.1 Å². The highest BCUT2D eigenvalue weighted by Crippen LogP contribution is 2.07. The quantitative estimate of drug-likeness (QED) is 0.575. The molecule has 0 atom stereocenters. The van der Waals surface area contributed by atoms with Crippen molar-refractivity contribution in [2.45, 2.75) is 20.3 Å². The Morgan fingerprint density at radius 2 is 2.30 bits per heavy atom. The average Bonchev–Trinajstić information content (AvgIpc) is 2.13. The van der Waals surface area contributed by atoms with Crippen LogP contribution in [0.2, 0.25) is 0 Å². The summed E-state index contributed by atoms with van der Waals surface area (Å²) in [7, 11) is 0. The van der Waals surface area contributed by atoms with Gasteiger partial charge in [0.05, 0.1) is 5.69 Å². The van der Waals surface area contributed by atoms with Gasteiger partial charge in [-0.15, -0.1) is 0 Å². The molecule has 0 aliphatic heterocycles. The monoisotopic (exact) mass is 139 g/mol. The third-order valence-electron chi connectivity index (χ3n) is 1.28. The van der Waals surface area contributed by atoms with Crippen LogP contribution in [0.4, 0.5) is 0 Å². The first kappa shape index (κ1) is 6.99. The Kier molecular flexibility index (Phi) is 1.85. The summed E-state index contributed by atoms with van der Waals surface area (Å²) >= 11 is 0.